The van der Waals surface area contributed by atoms with E-state index in [9.17, 15) is 13.2 Å². The van der Waals surface area contributed by atoms with Crippen molar-refractivity contribution >= 4 is 27.4 Å². The highest BCUT2D eigenvalue weighted by atomic mass is 35.5. The fourth-order valence-electron chi connectivity index (χ4n) is 1.17. The maximum absolute atomic E-state index is 11.7. The summed E-state index contributed by atoms with van der Waals surface area (Å²) in [5.74, 6) is -0.629. The molecule has 17 heavy (non-hydrogen) atoms. The second kappa shape index (κ2) is 5.06. The zero-order chi connectivity index (χ0) is 13.2. The summed E-state index contributed by atoms with van der Waals surface area (Å²) in [4.78, 5) is 11.7. The van der Waals surface area contributed by atoms with Crippen LogP contribution in [0.5, 0.6) is 0 Å². The summed E-state index contributed by atoms with van der Waals surface area (Å²) in [6.07, 6.45) is 0.772. The van der Waals surface area contributed by atoms with Gasteiger partial charge in [0.2, 0.25) is 0 Å². The molecule has 94 valence electrons. The van der Waals surface area contributed by atoms with Crippen molar-refractivity contribution in [2.75, 3.05) is 6.26 Å². The largest absolute Gasteiger partial charge is 0.459 e. The second-order valence-corrected chi connectivity index (χ2v) is 6.29. The Labute approximate surface area is 105 Å². The fraction of sp³-hybridized carbons (Fsp3) is 0.364. The molecule has 0 atom stereocenters. The molecule has 0 fully saturated rings. The summed E-state index contributed by atoms with van der Waals surface area (Å²) in [6, 6.07) is 3.95. The number of esters is 1. The van der Waals surface area contributed by atoms with E-state index in [-0.39, 0.29) is 21.6 Å². The summed E-state index contributed by atoms with van der Waals surface area (Å²) < 4.78 is 27.7. The molecule has 6 heteroatoms. The van der Waals surface area contributed by atoms with E-state index in [1.807, 2.05) is 0 Å². The third-order valence-corrected chi connectivity index (χ3v) is 3.37. The number of ether oxygens (including phenoxy) is 1. The first-order valence-electron chi connectivity index (χ1n) is 4.92. The van der Waals surface area contributed by atoms with Gasteiger partial charge in [-0.1, -0.05) is 11.6 Å². The van der Waals surface area contributed by atoms with E-state index in [2.05, 4.69) is 0 Å². The maximum atomic E-state index is 11.7. The van der Waals surface area contributed by atoms with Crippen molar-refractivity contribution < 1.29 is 17.9 Å². The maximum Gasteiger partial charge on any atom is 0.339 e. The summed E-state index contributed by atoms with van der Waals surface area (Å²) in [7, 11) is -3.37. The van der Waals surface area contributed by atoms with Crippen LogP contribution in [0.25, 0.3) is 0 Å². The van der Waals surface area contributed by atoms with E-state index in [4.69, 9.17) is 16.3 Å². The predicted octanol–water partition coefficient (Wildman–Crippen LogP) is 2.31. The van der Waals surface area contributed by atoms with Crippen LogP contribution in [0.15, 0.2) is 23.1 Å². The first kappa shape index (κ1) is 14.0. The highest BCUT2D eigenvalue weighted by Gasteiger charge is 2.17. The third kappa shape index (κ3) is 3.71. The minimum Gasteiger partial charge on any atom is -0.459 e. The van der Waals surface area contributed by atoms with Gasteiger partial charge in [0.25, 0.3) is 0 Å². The van der Waals surface area contributed by atoms with Gasteiger partial charge in [-0.25, -0.2) is 13.2 Å². The van der Waals surface area contributed by atoms with Crippen molar-refractivity contribution in [3.05, 3.63) is 28.8 Å². The third-order valence-electron chi connectivity index (χ3n) is 1.93. The van der Waals surface area contributed by atoms with Crippen LogP contribution in [0.4, 0.5) is 0 Å². The van der Waals surface area contributed by atoms with E-state index in [0.717, 1.165) is 6.26 Å². The van der Waals surface area contributed by atoms with E-state index < -0.39 is 15.8 Å². The molecule has 0 spiro atoms. The van der Waals surface area contributed by atoms with Crippen molar-refractivity contribution in [3.8, 4) is 0 Å². The number of hydrogen-bond acceptors (Lipinski definition) is 4. The van der Waals surface area contributed by atoms with Crippen molar-refractivity contribution in [2.24, 2.45) is 0 Å². The molecule has 0 heterocycles. The highest BCUT2D eigenvalue weighted by molar-refractivity contribution is 7.90. The van der Waals surface area contributed by atoms with Crippen LogP contribution in [0.3, 0.4) is 0 Å². The molecule has 1 aromatic rings. The average molecular weight is 277 g/mol. The van der Waals surface area contributed by atoms with Gasteiger partial charge in [-0.15, -0.1) is 0 Å². The van der Waals surface area contributed by atoms with Gasteiger partial charge in [-0.2, -0.15) is 0 Å². The lowest BCUT2D eigenvalue weighted by Gasteiger charge is -2.09. The number of benzene rings is 1. The van der Waals surface area contributed by atoms with Crippen LogP contribution in [-0.2, 0) is 14.6 Å². The molecule has 0 bridgehead atoms. The Bertz CT molecular complexity index is 534. The molecule has 0 aliphatic carbocycles. The van der Waals surface area contributed by atoms with Crippen molar-refractivity contribution in [1.29, 1.82) is 0 Å². The molecule has 1 aromatic carbocycles. The monoisotopic (exact) mass is 276 g/mol. The highest BCUT2D eigenvalue weighted by Crippen LogP contribution is 2.21. The van der Waals surface area contributed by atoms with Gasteiger partial charge < -0.3 is 4.74 Å². The molecular formula is C11H13ClO4S. The Balaban J connectivity index is 3.20. The number of rotatable bonds is 3. The molecule has 0 radical (unpaired) electrons. The van der Waals surface area contributed by atoms with Crippen LogP contribution in [-0.4, -0.2) is 26.7 Å². The quantitative estimate of drug-likeness (QED) is 0.795. The minimum absolute atomic E-state index is 0.0395. The summed E-state index contributed by atoms with van der Waals surface area (Å²) in [5.41, 5.74) is 0.0586. The number of sulfone groups is 1. The lowest BCUT2D eigenvalue weighted by molar-refractivity contribution is 0.0378. The molecule has 1 rings (SSSR count). The molecular weight excluding hydrogens is 264 g/mol. The van der Waals surface area contributed by atoms with Crippen LogP contribution < -0.4 is 0 Å². The smallest absolute Gasteiger partial charge is 0.339 e. The normalized spacial score (nSPS) is 11.6. The van der Waals surface area contributed by atoms with Crippen LogP contribution >= 0.6 is 11.6 Å². The number of halogens is 1. The molecule has 4 nitrogen and oxygen atoms in total. The van der Waals surface area contributed by atoms with E-state index >= 15 is 0 Å². The molecule has 0 N–H and O–H groups in total. The minimum atomic E-state index is -3.37. The standard InChI is InChI=1S/C11H13ClO4S/c1-7(2)16-11(13)9-6-8(17(3,14)15)4-5-10(9)12/h4-7H,1-3H3. The average Bonchev–Trinajstić information content (AvgIpc) is 2.15. The van der Waals surface area contributed by atoms with Crippen molar-refractivity contribution in [3.63, 3.8) is 0 Å². The van der Waals surface area contributed by atoms with Gasteiger partial charge in [0, 0.05) is 6.26 Å². The van der Waals surface area contributed by atoms with Crippen molar-refractivity contribution in [2.45, 2.75) is 24.8 Å². The van der Waals surface area contributed by atoms with E-state index in [1.54, 1.807) is 13.8 Å². The van der Waals surface area contributed by atoms with Gasteiger partial charge in [0.05, 0.1) is 21.6 Å². The first-order chi connectivity index (χ1) is 7.71. The zero-order valence-electron chi connectivity index (χ0n) is 9.73. The Morgan fingerprint density at radius 3 is 2.41 bits per heavy atom. The van der Waals surface area contributed by atoms with Crippen LogP contribution in [0.1, 0.15) is 24.2 Å². The lowest BCUT2D eigenvalue weighted by Crippen LogP contribution is -2.12. The Hall–Kier alpha value is -1.07. The van der Waals surface area contributed by atoms with E-state index in [0.29, 0.717) is 0 Å². The van der Waals surface area contributed by atoms with Crippen molar-refractivity contribution in [1.82, 2.24) is 0 Å². The van der Waals surface area contributed by atoms with Gasteiger partial charge in [-0.05, 0) is 32.0 Å². The first-order valence-corrected chi connectivity index (χ1v) is 7.19. The van der Waals surface area contributed by atoms with Crippen LogP contribution in [0, 0.1) is 0 Å². The molecule has 0 aromatic heterocycles. The molecule has 0 aliphatic heterocycles. The molecule has 0 saturated heterocycles. The number of carbonyl (C=O) groups excluding carboxylic acids is 1. The molecule has 0 aliphatic rings. The van der Waals surface area contributed by atoms with Gasteiger partial charge in [0.1, 0.15) is 0 Å². The Morgan fingerprint density at radius 1 is 1.35 bits per heavy atom. The van der Waals surface area contributed by atoms with Gasteiger partial charge in [-0.3, -0.25) is 0 Å². The molecule has 0 unspecified atom stereocenters. The summed E-state index contributed by atoms with van der Waals surface area (Å²) in [6.45, 7) is 3.40. The Kier molecular flexibility index (Phi) is 4.16. The fourth-order valence-corrected chi connectivity index (χ4v) is 2.01. The topological polar surface area (TPSA) is 60.4 Å². The zero-order valence-corrected chi connectivity index (χ0v) is 11.3. The predicted molar refractivity (Wildman–Crippen MR) is 65.1 cm³/mol. The summed E-state index contributed by atoms with van der Waals surface area (Å²) >= 11 is 5.83. The van der Waals surface area contributed by atoms with Crippen LogP contribution in [0.2, 0.25) is 5.02 Å². The van der Waals surface area contributed by atoms with Gasteiger partial charge >= 0.3 is 5.97 Å². The second-order valence-electron chi connectivity index (χ2n) is 3.87. The number of carbonyl (C=O) groups is 1. The number of hydrogen-bond donors (Lipinski definition) is 0. The lowest BCUT2D eigenvalue weighted by atomic mass is 10.2. The summed E-state index contributed by atoms with van der Waals surface area (Å²) in [5, 5.41) is 0.169. The molecule has 0 saturated carbocycles. The van der Waals surface area contributed by atoms with Gasteiger partial charge in [0.15, 0.2) is 9.84 Å². The van der Waals surface area contributed by atoms with E-state index in [1.165, 1.54) is 18.2 Å². The Morgan fingerprint density at radius 2 is 1.94 bits per heavy atom. The SMILES string of the molecule is CC(C)OC(=O)c1cc(S(C)(=O)=O)ccc1Cl. The molecule has 0 amide bonds.